The van der Waals surface area contributed by atoms with E-state index in [0.717, 1.165) is 34.7 Å². The molecule has 11 heteroatoms. The Hall–Kier alpha value is -3.21. The van der Waals surface area contributed by atoms with Gasteiger partial charge in [0.05, 0.1) is 19.1 Å². The van der Waals surface area contributed by atoms with Crippen LogP contribution in [-0.4, -0.2) is 57.1 Å². The fraction of sp³-hybridized carbons (Fsp3) is 0.481. The average molecular weight is 554 g/mol. The average Bonchev–Trinajstić information content (AvgIpc) is 2.87. The van der Waals surface area contributed by atoms with E-state index in [2.05, 4.69) is 5.32 Å². The Balaban J connectivity index is 2.26. The van der Waals surface area contributed by atoms with Crippen molar-refractivity contribution in [3.05, 3.63) is 59.7 Å². The molecule has 2 atom stereocenters. The molecule has 0 fully saturated rings. The van der Waals surface area contributed by atoms with Gasteiger partial charge in [-0.1, -0.05) is 26.0 Å². The fourth-order valence-electron chi connectivity index (χ4n) is 3.97. The maximum absolute atomic E-state index is 13.8. The predicted octanol–water partition coefficient (Wildman–Crippen LogP) is 4.24. The molecule has 38 heavy (non-hydrogen) atoms. The second-order valence-electron chi connectivity index (χ2n) is 9.15. The molecule has 0 aliphatic rings. The first-order valence-corrected chi connectivity index (χ1v) is 14.4. The Morgan fingerprint density at radius 3 is 2.34 bits per heavy atom. The molecule has 0 unspecified atom stereocenters. The van der Waals surface area contributed by atoms with Crippen LogP contribution in [0.15, 0.2) is 42.5 Å². The molecule has 0 aromatic heterocycles. The van der Waals surface area contributed by atoms with Crippen molar-refractivity contribution in [1.29, 1.82) is 0 Å². The van der Waals surface area contributed by atoms with Gasteiger partial charge in [0.2, 0.25) is 21.8 Å². The molecule has 0 aliphatic carbocycles. The van der Waals surface area contributed by atoms with Gasteiger partial charge >= 0.3 is 0 Å². The number of ether oxygens (including phenoxy) is 1. The molecule has 0 heterocycles. The molecule has 2 aromatic carbocycles. The number of carbonyl (C=O) groups is 2. The van der Waals surface area contributed by atoms with Gasteiger partial charge in [0.25, 0.3) is 0 Å². The first kappa shape index (κ1) is 31.0. The third kappa shape index (κ3) is 8.68. The van der Waals surface area contributed by atoms with Gasteiger partial charge in [-0.2, -0.15) is 0 Å². The van der Waals surface area contributed by atoms with Gasteiger partial charge in [0.15, 0.2) is 11.6 Å². The number of benzene rings is 2. The van der Waals surface area contributed by atoms with E-state index in [-0.39, 0.29) is 49.5 Å². The van der Waals surface area contributed by atoms with Crippen LogP contribution in [0.3, 0.4) is 0 Å². The Bertz CT molecular complexity index is 1210. The quantitative estimate of drug-likeness (QED) is 0.378. The predicted molar refractivity (Wildman–Crippen MR) is 143 cm³/mol. The van der Waals surface area contributed by atoms with Gasteiger partial charge in [0, 0.05) is 31.6 Å². The van der Waals surface area contributed by atoms with E-state index in [1.165, 1.54) is 18.1 Å². The van der Waals surface area contributed by atoms with Crippen molar-refractivity contribution in [1.82, 2.24) is 10.2 Å². The summed E-state index contributed by atoms with van der Waals surface area (Å²) in [6.45, 7) is 5.68. The lowest BCUT2D eigenvalue weighted by Gasteiger charge is -2.32. The van der Waals surface area contributed by atoms with Gasteiger partial charge in [0.1, 0.15) is 11.8 Å². The number of anilines is 1. The molecule has 2 amide bonds. The van der Waals surface area contributed by atoms with E-state index in [1.807, 2.05) is 26.8 Å². The van der Waals surface area contributed by atoms with E-state index >= 15 is 0 Å². The van der Waals surface area contributed by atoms with Crippen LogP contribution in [0.25, 0.3) is 0 Å². The Morgan fingerprint density at radius 1 is 1.05 bits per heavy atom. The van der Waals surface area contributed by atoms with E-state index in [9.17, 15) is 26.8 Å². The van der Waals surface area contributed by atoms with Crippen molar-refractivity contribution < 1.29 is 31.5 Å². The molecule has 0 aliphatic heterocycles. The molecule has 8 nitrogen and oxygen atoms in total. The van der Waals surface area contributed by atoms with Crippen LogP contribution >= 0.6 is 0 Å². The van der Waals surface area contributed by atoms with Crippen LogP contribution in [0, 0.1) is 11.6 Å². The summed E-state index contributed by atoms with van der Waals surface area (Å²) in [5.41, 5.74) is 0.735. The lowest BCUT2D eigenvalue weighted by molar-refractivity contribution is -0.141. The molecule has 0 saturated carbocycles. The summed E-state index contributed by atoms with van der Waals surface area (Å²) in [6.07, 6.45) is 2.10. The number of rotatable bonds is 14. The van der Waals surface area contributed by atoms with E-state index < -0.39 is 27.7 Å². The summed E-state index contributed by atoms with van der Waals surface area (Å²) in [4.78, 5) is 28.0. The third-order valence-corrected chi connectivity index (χ3v) is 7.41. The number of amides is 2. The zero-order chi connectivity index (χ0) is 28.5. The molecular weight excluding hydrogens is 516 g/mol. The Morgan fingerprint density at radius 2 is 1.76 bits per heavy atom. The van der Waals surface area contributed by atoms with Crippen molar-refractivity contribution in [2.24, 2.45) is 0 Å². The highest BCUT2D eigenvalue weighted by molar-refractivity contribution is 7.92. The summed E-state index contributed by atoms with van der Waals surface area (Å²) >= 11 is 0. The maximum atomic E-state index is 13.8. The molecule has 0 radical (unpaired) electrons. The van der Waals surface area contributed by atoms with E-state index in [4.69, 9.17) is 4.74 Å². The minimum atomic E-state index is -3.83. The van der Waals surface area contributed by atoms with Crippen molar-refractivity contribution in [3.63, 3.8) is 0 Å². The zero-order valence-electron chi connectivity index (χ0n) is 22.5. The molecule has 1 N–H and O–H groups in total. The lowest BCUT2D eigenvalue weighted by Crippen LogP contribution is -2.50. The van der Waals surface area contributed by atoms with Crippen LogP contribution in [0.2, 0.25) is 0 Å². The van der Waals surface area contributed by atoms with Crippen LogP contribution in [0.4, 0.5) is 14.5 Å². The minimum Gasteiger partial charge on any atom is -0.497 e. The number of hydrogen-bond acceptors (Lipinski definition) is 5. The van der Waals surface area contributed by atoms with Crippen LogP contribution in [-0.2, 0) is 26.2 Å². The number of hydrogen-bond donors (Lipinski definition) is 1. The van der Waals surface area contributed by atoms with Crippen molar-refractivity contribution in [2.45, 2.75) is 65.1 Å². The highest BCUT2D eigenvalue weighted by atomic mass is 32.2. The molecule has 0 bridgehead atoms. The third-order valence-electron chi connectivity index (χ3n) is 6.22. The monoisotopic (exact) mass is 553 g/mol. The standard InChI is InChI=1S/C27H37F2N3O5S/c1-6-19(3)30-27(34)25(7-2)31(18-20-10-8-11-22(16-20)37-4)26(33)12-9-15-32(38(5,35)36)21-13-14-23(28)24(29)17-21/h8,10-11,13-14,16-17,19,25H,6-7,9,12,15,18H2,1-5H3,(H,30,34)/t19-,25-/m1/s1. The number of nitrogens with zero attached hydrogens (tertiary/aromatic N) is 2. The molecule has 2 aromatic rings. The lowest BCUT2D eigenvalue weighted by atomic mass is 10.1. The van der Waals surface area contributed by atoms with Crippen molar-refractivity contribution in [2.75, 3.05) is 24.2 Å². The Kier molecular flexibility index (Phi) is 11.5. The Labute approximate surface area is 224 Å². The van der Waals surface area contributed by atoms with Gasteiger partial charge < -0.3 is 15.0 Å². The molecule has 0 saturated heterocycles. The normalized spacial score (nSPS) is 12.9. The van der Waals surface area contributed by atoms with Crippen molar-refractivity contribution >= 4 is 27.5 Å². The van der Waals surface area contributed by atoms with Gasteiger partial charge in [-0.25, -0.2) is 17.2 Å². The summed E-state index contributed by atoms with van der Waals surface area (Å²) in [5.74, 6) is -2.25. The SMILES string of the molecule is CC[C@@H](C)NC(=O)[C@@H](CC)N(Cc1cccc(OC)c1)C(=O)CCCN(c1ccc(F)c(F)c1)S(C)(=O)=O. The van der Waals surface area contributed by atoms with Crippen LogP contribution < -0.4 is 14.4 Å². The van der Waals surface area contributed by atoms with Gasteiger partial charge in [-0.05, 0) is 56.0 Å². The number of nitrogens with one attached hydrogen (secondary N) is 1. The summed E-state index contributed by atoms with van der Waals surface area (Å²) in [7, 11) is -2.29. The maximum Gasteiger partial charge on any atom is 0.243 e. The van der Waals surface area contributed by atoms with Crippen LogP contribution in [0.1, 0.15) is 52.0 Å². The zero-order valence-corrected chi connectivity index (χ0v) is 23.4. The van der Waals surface area contributed by atoms with Gasteiger partial charge in [-0.3, -0.25) is 13.9 Å². The molecule has 0 spiro atoms. The number of halogens is 2. The number of sulfonamides is 1. The first-order chi connectivity index (χ1) is 17.9. The topological polar surface area (TPSA) is 96.0 Å². The fourth-order valence-corrected chi connectivity index (χ4v) is 4.93. The first-order valence-electron chi connectivity index (χ1n) is 12.6. The van der Waals surface area contributed by atoms with Gasteiger partial charge in [-0.15, -0.1) is 0 Å². The molecular formula is C27H37F2N3O5S. The van der Waals surface area contributed by atoms with Crippen molar-refractivity contribution in [3.8, 4) is 5.75 Å². The minimum absolute atomic E-state index is 0.0357. The summed E-state index contributed by atoms with van der Waals surface area (Å²) in [6, 6.07) is 9.21. The second kappa shape index (κ2) is 14.1. The smallest absolute Gasteiger partial charge is 0.243 e. The highest BCUT2D eigenvalue weighted by Gasteiger charge is 2.29. The largest absolute Gasteiger partial charge is 0.497 e. The van der Waals surface area contributed by atoms with Crippen LogP contribution in [0.5, 0.6) is 5.75 Å². The molecule has 2 rings (SSSR count). The molecule has 210 valence electrons. The van der Waals surface area contributed by atoms with E-state index in [0.29, 0.717) is 12.2 Å². The number of methoxy groups -OCH3 is 1. The number of carbonyl (C=O) groups excluding carboxylic acids is 2. The summed E-state index contributed by atoms with van der Waals surface area (Å²) in [5, 5.41) is 2.94. The highest BCUT2D eigenvalue weighted by Crippen LogP contribution is 2.22. The van der Waals surface area contributed by atoms with E-state index in [1.54, 1.807) is 18.2 Å². The second-order valence-corrected chi connectivity index (χ2v) is 11.1. The summed E-state index contributed by atoms with van der Waals surface area (Å²) < 4.78 is 58.1.